The first-order valence-electron chi connectivity index (χ1n) is 7.90. The van der Waals surface area contributed by atoms with E-state index in [2.05, 4.69) is 10.2 Å². The van der Waals surface area contributed by atoms with Crippen LogP contribution in [0.4, 0.5) is 5.95 Å². The number of aromatic nitrogens is 2. The zero-order valence-corrected chi connectivity index (χ0v) is 14.5. The summed E-state index contributed by atoms with van der Waals surface area (Å²) in [5.74, 6) is 0.760. The van der Waals surface area contributed by atoms with Gasteiger partial charge in [0.2, 0.25) is 5.95 Å². The number of benzene rings is 2. The van der Waals surface area contributed by atoms with Crippen molar-refractivity contribution < 1.29 is 0 Å². The molecule has 6 heteroatoms. The largest absolute Gasteiger partial charge is 0.338 e. The van der Waals surface area contributed by atoms with Crippen molar-refractivity contribution in [3.63, 3.8) is 0 Å². The highest BCUT2D eigenvalue weighted by molar-refractivity contribution is 6.42. The van der Waals surface area contributed by atoms with Gasteiger partial charge < -0.3 is 10.2 Å². The van der Waals surface area contributed by atoms with Crippen LogP contribution < -0.4 is 10.2 Å². The first kappa shape index (κ1) is 15.6. The fraction of sp³-hybridized carbons (Fsp3) is 0.222. The lowest BCUT2D eigenvalue weighted by atomic mass is 10.1. The number of nitrogens with zero attached hydrogens (tertiary/aromatic N) is 3. The van der Waals surface area contributed by atoms with Crippen LogP contribution in [0.1, 0.15) is 0 Å². The third-order valence-electron chi connectivity index (χ3n) is 4.18. The average molecular weight is 359 g/mol. The Hall–Kier alpha value is -1.88. The quantitative estimate of drug-likeness (QED) is 0.751. The van der Waals surface area contributed by atoms with Crippen LogP contribution in [0.5, 0.6) is 0 Å². The highest BCUT2D eigenvalue weighted by Gasteiger charge is 2.17. The molecule has 2 heterocycles. The Morgan fingerprint density at radius 2 is 1.71 bits per heavy atom. The summed E-state index contributed by atoms with van der Waals surface area (Å²) in [7, 11) is 0. The van der Waals surface area contributed by atoms with E-state index in [1.807, 2.05) is 36.4 Å². The molecule has 2 aromatic carbocycles. The van der Waals surface area contributed by atoms with Crippen molar-refractivity contribution in [3.8, 4) is 11.3 Å². The molecule has 4 nitrogen and oxygen atoms in total. The van der Waals surface area contributed by atoms with E-state index in [0.717, 1.165) is 54.3 Å². The Labute approximate surface area is 150 Å². The molecule has 4 rings (SSSR count). The summed E-state index contributed by atoms with van der Waals surface area (Å²) < 4.78 is 0. The topological polar surface area (TPSA) is 41.1 Å². The summed E-state index contributed by atoms with van der Waals surface area (Å²) in [6.07, 6.45) is 0. The number of nitrogens with one attached hydrogen (secondary N) is 1. The molecule has 1 fully saturated rings. The van der Waals surface area contributed by atoms with E-state index >= 15 is 0 Å². The summed E-state index contributed by atoms with van der Waals surface area (Å²) >= 11 is 12.3. The maximum absolute atomic E-state index is 6.21. The van der Waals surface area contributed by atoms with Crippen molar-refractivity contribution in [3.05, 3.63) is 52.5 Å². The first-order valence-corrected chi connectivity index (χ1v) is 8.66. The fourth-order valence-electron chi connectivity index (χ4n) is 2.93. The van der Waals surface area contributed by atoms with Crippen LogP contribution in [0, 0.1) is 0 Å². The Bertz CT molecular complexity index is 891. The zero-order valence-electron chi connectivity index (χ0n) is 13.0. The Kier molecular flexibility index (Phi) is 4.27. The molecule has 0 atom stereocenters. The molecule has 0 saturated carbocycles. The fourth-order valence-corrected chi connectivity index (χ4v) is 3.23. The number of piperazine rings is 1. The SMILES string of the molecule is Clc1ccc(-c2nc(N3CCNCC3)nc3ccccc23)cc1Cl. The number of fused-ring (bicyclic) bond motifs is 1. The number of anilines is 1. The van der Waals surface area contributed by atoms with Crippen LogP contribution >= 0.6 is 23.2 Å². The minimum Gasteiger partial charge on any atom is -0.338 e. The minimum absolute atomic E-state index is 0.528. The average Bonchev–Trinajstić information content (AvgIpc) is 2.64. The molecule has 0 bridgehead atoms. The number of rotatable bonds is 2. The van der Waals surface area contributed by atoms with E-state index in [1.165, 1.54) is 0 Å². The number of hydrogen-bond acceptors (Lipinski definition) is 4. The van der Waals surface area contributed by atoms with Gasteiger partial charge in [-0.3, -0.25) is 0 Å². The third-order valence-corrected chi connectivity index (χ3v) is 4.92. The van der Waals surface area contributed by atoms with Crippen LogP contribution in [-0.4, -0.2) is 36.1 Å². The second kappa shape index (κ2) is 6.55. The molecule has 0 spiro atoms. The second-order valence-electron chi connectivity index (χ2n) is 5.76. The second-order valence-corrected chi connectivity index (χ2v) is 6.57. The molecule has 1 saturated heterocycles. The predicted molar refractivity (Wildman–Crippen MR) is 100 cm³/mol. The van der Waals surface area contributed by atoms with Crippen LogP contribution in [0.25, 0.3) is 22.2 Å². The molecule has 1 aromatic heterocycles. The molecule has 1 N–H and O–H groups in total. The van der Waals surface area contributed by atoms with Crippen molar-refractivity contribution in [1.29, 1.82) is 0 Å². The molecule has 0 unspecified atom stereocenters. The van der Waals surface area contributed by atoms with Gasteiger partial charge in [-0.25, -0.2) is 9.97 Å². The van der Waals surface area contributed by atoms with Crippen molar-refractivity contribution in [2.75, 3.05) is 31.1 Å². The van der Waals surface area contributed by atoms with E-state index in [4.69, 9.17) is 33.2 Å². The van der Waals surface area contributed by atoms with Gasteiger partial charge in [0.25, 0.3) is 0 Å². The van der Waals surface area contributed by atoms with Crippen molar-refractivity contribution in [2.45, 2.75) is 0 Å². The third kappa shape index (κ3) is 2.93. The van der Waals surface area contributed by atoms with Gasteiger partial charge in [0.05, 0.1) is 21.3 Å². The van der Waals surface area contributed by atoms with Crippen molar-refractivity contribution in [1.82, 2.24) is 15.3 Å². The van der Waals surface area contributed by atoms with Gasteiger partial charge in [0.15, 0.2) is 0 Å². The lowest BCUT2D eigenvalue weighted by Gasteiger charge is -2.28. The lowest BCUT2D eigenvalue weighted by molar-refractivity contribution is 0.581. The van der Waals surface area contributed by atoms with Crippen LogP contribution in [0.15, 0.2) is 42.5 Å². The van der Waals surface area contributed by atoms with Crippen LogP contribution in [0.2, 0.25) is 10.0 Å². The van der Waals surface area contributed by atoms with Gasteiger partial charge in [0.1, 0.15) is 0 Å². The molecule has 122 valence electrons. The summed E-state index contributed by atoms with van der Waals surface area (Å²) in [6.45, 7) is 3.69. The predicted octanol–water partition coefficient (Wildman–Crippen LogP) is 4.01. The molecule has 0 amide bonds. The Balaban J connectivity index is 1.90. The van der Waals surface area contributed by atoms with Gasteiger partial charge >= 0.3 is 0 Å². The molecule has 1 aliphatic heterocycles. The monoisotopic (exact) mass is 358 g/mol. The molecule has 24 heavy (non-hydrogen) atoms. The van der Waals surface area contributed by atoms with E-state index in [0.29, 0.717) is 10.0 Å². The number of hydrogen-bond donors (Lipinski definition) is 1. The maximum atomic E-state index is 6.21. The minimum atomic E-state index is 0.528. The van der Waals surface area contributed by atoms with Gasteiger partial charge in [-0.05, 0) is 18.2 Å². The van der Waals surface area contributed by atoms with Crippen molar-refractivity contribution >= 4 is 40.1 Å². The van der Waals surface area contributed by atoms with Gasteiger partial charge in [-0.1, -0.05) is 47.5 Å². The normalized spacial score (nSPS) is 15.0. The Morgan fingerprint density at radius 3 is 2.50 bits per heavy atom. The molecule has 3 aromatic rings. The van der Waals surface area contributed by atoms with E-state index in [-0.39, 0.29) is 0 Å². The van der Waals surface area contributed by atoms with E-state index < -0.39 is 0 Å². The molecular formula is C18H16Cl2N4. The highest BCUT2D eigenvalue weighted by Crippen LogP contribution is 2.32. The van der Waals surface area contributed by atoms with Gasteiger partial charge in [-0.2, -0.15) is 0 Å². The summed E-state index contributed by atoms with van der Waals surface area (Å²) in [4.78, 5) is 11.8. The molecular weight excluding hydrogens is 343 g/mol. The number of halogens is 2. The Morgan fingerprint density at radius 1 is 0.917 bits per heavy atom. The summed E-state index contributed by atoms with van der Waals surface area (Å²) in [6, 6.07) is 13.7. The zero-order chi connectivity index (χ0) is 16.5. The van der Waals surface area contributed by atoms with E-state index in [9.17, 15) is 0 Å². The molecule has 1 aliphatic rings. The lowest BCUT2D eigenvalue weighted by Crippen LogP contribution is -2.44. The summed E-state index contributed by atoms with van der Waals surface area (Å²) in [5.41, 5.74) is 2.76. The number of para-hydroxylation sites is 1. The highest BCUT2D eigenvalue weighted by atomic mass is 35.5. The van der Waals surface area contributed by atoms with Crippen LogP contribution in [0.3, 0.4) is 0 Å². The molecule has 0 aliphatic carbocycles. The van der Waals surface area contributed by atoms with E-state index in [1.54, 1.807) is 6.07 Å². The smallest absolute Gasteiger partial charge is 0.226 e. The van der Waals surface area contributed by atoms with Crippen molar-refractivity contribution in [2.24, 2.45) is 0 Å². The maximum Gasteiger partial charge on any atom is 0.226 e. The molecule has 0 radical (unpaired) electrons. The van der Waals surface area contributed by atoms with Gasteiger partial charge in [-0.15, -0.1) is 0 Å². The van der Waals surface area contributed by atoms with Crippen LogP contribution in [-0.2, 0) is 0 Å². The summed E-state index contributed by atoms with van der Waals surface area (Å²) in [5, 5.41) is 5.43. The standard InChI is InChI=1S/C18H16Cl2N4/c19-14-6-5-12(11-15(14)20)17-13-3-1-2-4-16(13)22-18(23-17)24-9-7-21-8-10-24/h1-6,11,21H,7-10H2. The first-order chi connectivity index (χ1) is 11.7. The van der Waals surface area contributed by atoms with Gasteiger partial charge in [0, 0.05) is 37.1 Å².